The van der Waals surface area contributed by atoms with Crippen molar-refractivity contribution >= 4 is 29.0 Å². The molecule has 0 radical (unpaired) electrons. The first-order valence-corrected chi connectivity index (χ1v) is 12.6. The summed E-state index contributed by atoms with van der Waals surface area (Å²) < 4.78 is 12.4. The van der Waals surface area contributed by atoms with Crippen LogP contribution in [0.15, 0.2) is 6.33 Å². The van der Waals surface area contributed by atoms with Crippen molar-refractivity contribution in [3.63, 3.8) is 0 Å². The van der Waals surface area contributed by atoms with Crippen molar-refractivity contribution in [2.45, 2.75) is 45.3 Å². The topological polar surface area (TPSA) is 181 Å². The number of piperazine rings is 1. The summed E-state index contributed by atoms with van der Waals surface area (Å²) in [5, 5.41) is 23.5. The summed E-state index contributed by atoms with van der Waals surface area (Å²) in [5.41, 5.74) is 6.61. The third kappa shape index (κ3) is 5.97. The quantitative estimate of drug-likeness (QED) is 0.334. The minimum absolute atomic E-state index is 0.0971. The Hall–Kier alpha value is -3.51. The lowest BCUT2D eigenvalue weighted by Gasteiger charge is -2.33. The normalized spacial score (nSPS) is 23.9. The van der Waals surface area contributed by atoms with E-state index in [2.05, 4.69) is 37.0 Å². The van der Waals surface area contributed by atoms with Gasteiger partial charge >= 0.3 is 6.09 Å². The van der Waals surface area contributed by atoms with Crippen molar-refractivity contribution < 1.29 is 29.3 Å². The summed E-state index contributed by atoms with van der Waals surface area (Å²) >= 11 is 0. The van der Waals surface area contributed by atoms with Crippen LogP contribution in [0.3, 0.4) is 0 Å². The molecule has 206 valence electrons. The van der Waals surface area contributed by atoms with Crippen LogP contribution in [0.5, 0.6) is 0 Å². The van der Waals surface area contributed by atoms with Gasteiger partial charge in [-0.2, -0.15) is 0 Å². The van der Waals surface area contributed by atoms with Crippen molar-refractivity contribution in [3.8, 4) is 11.8 Å². The molecule has 4 rings (SSSR count). The number of nitrogen functional groups attached to an aromatic ring is 1. The second-order valence-corrected chi connectivity index (χ2v) is 9.62. The fourth-order valence-electron chi connectivity index (χ4n) is 4.21. The predicted octanol–water partition coefficient (Wildman–Crippen LogP) is -1.07. The van der Waals surface area contributed by atoms with Crippen LogP contribution in [0.2, 0.25) is 0 Å². The van der Waals surface area contributed by atoms with E-state index in [1.165, 1.54) is 10.9 Å². The highest BCUT2D eigenvalue weighted by Crippen LogP contribution is 2.32. The lowest BCUT2D eigenvalue weighted by atomic mass is 10.1. The van der Waals surface area contributed by atoms with Gasteiger partial charge in [-0.15, -0.1) is 0 Å². The van der Waals surface area contributed by atoms with Gasteiger partial charge in [-0.05, 0) is 18.8 Å². The third-order valence-electron chi connectivity index (χ3n) is 6.24. The number of aliphatic hydroxyl groups excluding tert-OH is 2. The number of nitrogens with two attached hydrogens (primary N) is 1. The summed E-state index contributed by atoms with van der Waals surface area (Å²) in [6.45, 7) is 9.35. The zero-order chi connectivity index (χ0) is 27.4. The van der Waals surface area contributed by atoms with E-state index in [0.717, 1.165) is 0 Å². The van der Waals surface area contributed by atoms with Crippen LogP contribution in [-0.2, 0) is 14.3 Å². The molecule has 5 N–H and O–H groups in total. The number of ether oxygens (including phenoxy) is 2. The van der Waals surface area contributed by atoms with Crippen LogP contribution in [0.1, 0.15) is 32.8 Å². The zero-order valence-electron chi connectivity index (χ0n) is 21.7. The number of aliphatic hydroxyl groups is 2. The Morgan fingerprint density at radius 2 is 1.97 bits per heavy atom. The Morgan fingerprint density at radius 1 is 1.24 bits per heavy atom. The number of imidazole rings is 1. The molecule has 2 saturated heterocycles. The van der Waals surface area contributed by atoms with Gasteiger partial charge < -0.3 is 35.6 Å². The minimum atomic E-state index is -1.43. The molecule has 2 fully saturated rings. The van der Waals surface area contributed by atoms with Gasteiger partial charge in [0.1, 0.15) is 17.7 Å². The molecule has 38 heavy (non-hydrogen) atoms. The molecule has 0 saturated carbocycles. The summed E-state index contributed by atoms with van der Waals surface area (Å²) in [4.78, 5) is 41.0. The number of rotatable bonds is 6. The molecule has 0 unspecified atom stereocenters. The molecule has 4 heterocycles. The maximum atomic E-state index is 12.2. The van der Waals surface area contributed by atoms with Crippen molar-refractivity contribution in [1.82, 2.24) is 34.6 Å². The second kappa shape index (κ2) is 11.9. The Morgan fingerprint density at radius 3 is 2.66 bits per heavy atom. The number of nitrogens with zero attached hydrogens (tertiary/aromatic N) is 6. The highest BCUT2D eigenvalue weighted by Gasteiger charge is 2.47. The van der Waals surface area contributed by atoms with E-state index in [-0.39, 0.29) is 34.8 Å². The molecule has 2 aliphatic rings. The Bertz CT molecular complexity index is 1220. The van der Waals surface area contributed by atoms with Crippen LogP contribution < -0.4 is 11.1 Å². The molecule has 2 aliphatic heterocycles. The van der Waals surface area contributed by atoms with Gasteiger partial charge in [0.05, 0.1) is 19.5 Å². The van der Waals surface area contributed by atoms with Gasteiger partial charge in [0.2, 0.25) is 5.82 Å². The monoisotopic (exact) mass is 530 g/mol. The molecule has 2 amide bonds. The lowest BCUT2D eigenvalue weighted by molar-refractivity contribution is -0.137. The first-order chi connectivity index (χ1) is 18.2. The number of likely N-dealkylation sites (N-methyl/N-ethyl adjacent to an activating group) is 1. The predicted molar refractivity (Wildman–Crippen MR) is 135 cm³/mol. The van der Waals surface area contributed by atoms with Crippen LogP contribution in [0.4, 0.5) is 10.6 Å². The van der Waals surface area contributed by atoms with E-state index in [9.17, 15) is 19.8 Å². The van der Waals surface area contributed by atoms with E-state index in [1.54, 1.807) is 11.8 Å². The van der Waals surface area contributed by atoms with Gasteiger partial charge in [0, 0.05) is 32.7 Å². The average Bonchev–Trinajstić information content (AvgIpc) is 3.44. The third-order valence-corrected chi connectivity index (χ3v) is 6.24. The van der Waals surface area contributed by atoms with Gasteiger partial charge in [-0.25, -0.2) is 19.7 Å². The SMILES string of the molecule is CCNC(=O)[C@H]1O[C@@H](n2cnc3c(N)nc(C#CCN4CCN(C(=O)OCC(C)C)CC4)nc32)[C@H](O)[C@@H]1O. The molecule has 14 nitrogen and oxygen atoms in total. The van der Waals surface area contributed by atoms with Crippen LogP contribution in [0, 0.1) is 17.8 Å². The molecule has 4 atom stereocenters. The highest BCUT2D eigenvalue weighted by atomic mass is 16.6. The van der Waals surface area contributed by atoms with Gasteiger partial charge in [-0.1, -0.05) is 19.8 Å². The Balaban J connectivity index is 1.42. The van der Waals surface area contributed by atoms with Crippen molar-refractivity contribution in [1.29, 1.82) is 0 Å². The standard InChI is InChI=1S/C24H34N8O6/c1-4-26-22(35)19-17(33)18(34)23(38-19)32-13-27-16-20(25)28-15(29-21(16)32)6-5-7-30-8-10-31(11-9-30)24(36)37-12-14(2)3/h13-14,17-19,23,33-34H,4,7-12H2,1-3H3,(H,26,35)(H2,25,28,29)/t17-,18+,19-,23+/m0/s1. The minimum Gasteiger partial charge on any atom is -0.449 e. The molecule has 14 heteroatoms. The molecule has 0 spiro atoms. The molecule has 0 aliphatic carbocycles. The van der Waals surface area contributed by atoms with E-state index in [1.807, 2.05) is 13.8 Å². The Kier molecular flexibility index (Phi) is 8.62. The summed E-state index contributed by atoms with van der Waals surface area (Å²) in [6, 6.07) is 0. The maximum absolute atomic E-state index is 12.2. The molecule has 0 aromatic carbocycles. The summed E-state index contributed by atoms with van der Waals surface area (Å²) in [6.07, 6.45) is -4.12. The van der Waals surface area contributed by atoms with Gasteiger partial charge in [0.25, 0.3) is 5.91 Å². The molecule has 2 aromatic rings. The summed E-state index contributed by atoms with van der Waals surface area (Å²) in [7, 11) is 0. The Labute approximate surface area is 220 Å². The molecular formula is C24H34N8O6. The lowest BCUT2D eigenvalue weighted by Crippen LogP contribution is -2.49. The fraction of sp³-hybridized carbons (Fsp3) is 0.625. The number of aromatic nitrogens is 4. The van der Waals surface area contributed by atoms with Crippen LogP contribution in [0.25, 0.3) is 11.2 Å². The first-order valence-electron chi connectivity index (χ1n) is 12.6. The van der Waals surface area contributed by atoms with Gasteiger partial charge in [0.15, 0.2) is 23.8 Å². The van der Waals surface area contributed by atoms with E-state index >= 15 is 0 Å². The number of carbonyl (C=O) groups excluding carboxylic acids is 2. The van der Waals surface area contributed by atoms with Crippen LogP contribution in [-0.4, -0.2) is 116 Å². The molecule has 0 bridgehead atoms. The van der Waals surface area contributed by atoms with E-state index in [4.69, 9.17) is 15.2 Å². The number of carbonyl (C=O) groups is 2. The number of hydrogen-bond donors (Lipinski definition) is 4. The largest absolute Gasteiger partial charge is 0.449 e. The smallest absolute Gasteiger partial charge is 0.409 e. The van der Waals surface area contributed by atoms with Gasteiger partial charge in [-0.3, -0.25) is 14.3 Å². The zero-order valence-corrected chi connectivity index (χ0v) is 21.7. The second-order valence-electron chi connectivity index (χ2n) is 9.62. The number of fused-ring (bicyclic) bond motifs is 1. The van der Waals surface area contributed by atoms with Crippen molar-refractivity contribution in [2.75, 3.05) is 51.6 Å². The number of hydrogen-bond acceptors (Lipinski definition) is 11. The molecule has 2 aromatic heterocycles. The highest BCUT2D eigenvalue weighted by molar-refractivity contribution is 5.83. The number of anilines is 1. The average molecular weight is 531 g/mol. The number of amides is 2. The van der Waals surface area contributed by atoms with E-state index in [0.29, 0.717) is 45.9 Å². The summed E-state index contributed by atoms with van der Waals surface area (Å²) in [5.74, 6) is 5.96. The number of nitrogens with one attached hydrogen (secondary N) is 1. The molecular weight excluding hydrogens is 496 g/mol. The fourth-order valence-corrected chi connectivity index (χ4v) is 4.21. The first kappa shape index (κ1) is 27.5. The van der Waals surface area contributed by atoms with E-state index < -0.39 is 30.4 Å². The van der Waals surface area contributed by atoms with Crippen molar-refractivity contribution in [2.24, 2.45) is 5.92 Å². The maximum Gasteiger partial charge on any atom is 0.409 e. The van der Waals surface area contributed by atoms with Crippen LogP contribution >= 0.6 is 0 Å². The van der Waals surface area contributed by atoms with Crippen molar-refractivity contribution in [3.05, 3.63) is 12.2 Å².